The molecule has 0 atom stereocenters. The lowest BCUT2D eigenvalue weighted by molar-refractivity contribution is 0.669. The van der Waals surface area contributed by atoms with Gasteiger partial charge in [0.25, 0.3) is 0 Å². The summed E-state index contributed by atoms with van der Waals surface area (Å²) in [5.74, 6) is 0. The van der Waals surface area contributed by atoms with E-state index in [-0.39, 0.29) is 0 Å². The van der Waals surface area contributed by atoms with Crippen molar-refractivity contribution in [2.24, 2.45) is 0 Å². The lowest BCUT2D eigenvalue weighted by Gasteiger charge is -2.10. The van der Waals surface area contributed by atoms with Gasteiger partial charge in [0.05, 0.1) is 22.1 Å². The Balaban J connectivity index is 1.27. The third-order valence-electron chi connectivity index (χ3n) is 10.1. The van der Waals surface area contributed by atoms with E-state index in [1.165, 1.54) is 70.5 Å². The van der Waals surface area contributed by atoms with Crippen LogP contribution < -0.4 is 0 Å². The Morgan fingerprint density at radius 3 is 1.81 bits per heavy atom. The first-order valence-corrected chi connectivity index (χ1v) is 16.1. The molecule has 0 fully saturated rings. The number of hydrogen-bond acceptors (Lipinski definition) is 1. The molecule has 0 bridgehead atoms. The number of rotatable bonds is 2. The Hall–Kier alpha value is -6.32. The molecule has 0 saturated carbocycles. The van der Waals surface area contributed by atoms with Gasteiger partial charge in [-0.2, -0.15) is 0 Å². The minimum absolute atomic E-state index is 0.894. The molecular formula is C44H26N2O. The Morgan fingerprint density at radius 2 is 0.979 bits per heavy atom. The summed E-state index contributed by atoms with van der Waals surface area (Å²) in [5, 5.41) is 12.3. The van der Waals surface area contributed by atoms with E-state index in [9.17, 15) is 0 Å². The van der Waals surface area contributed by atoms with Crippen molar-refractivity contribution in [3.05, 3.63) is 158 Å². The van der Waals surface area contributed by atoms with Crippen molar-refractivity contribution >= 4 is 87.1 Å². The van der Waals surface area contributed by atoms with E-state index in [2.05, 4.69) is 167 Å². The molecule has 218 valence electrons. The second-order valence-electron chi connectivity index (χ2n) is 12.5. The monoisotopic (exact) mass is 598 g/mol. The molecule has 0 aliphatic rings. The van der Waals surface area contributed by atoms with Crippen LogP contribution in [-0.4, -0.2) is 9.13 Å². The number of hydrogen-bond donors (Lipinski definition) is 0. The predicted octanol–water partition coefficient (Wildman–Crippen LogP) is 12.1. The normalized spacial score (nSPS) is 12.3. The van der Waals surface area contributed by atoms with Crippen LogP contribution in [0.2, 0.25) is 0 Å². The molecule has 47 heavy (non-hydrogen) atoms. The highest BCUT2D eigenvalue weighted by molar-refractivity contribution is 6.25. The maximum absolute atomic E-state index is 6.53. The van der Waals surface area contributed by atoms with Crippen LogP contribution in [0.4, 0.5) is 0 Å². The molecule has 0 N–H and O–H groups in total. The zero-order valence-electron chi connectivity index (χ0n) is 25.3. The minimum Gasteiger partial charge on any atom is -0.456 e. The lowest BCUT2D eigenvalue weighted by atomic mass is 10.0. The van der Waals surface area contributed by atoms with E-state index < -0.39 is 0 Å². The molecule has 0 radical (unpaired) electrons. The number of furan rings is 1. The molecule has 3 nitrogen and oxygen atoms in total. The van der Waals surface area contributed by atoms with Crippen molar-refractivity contribution in [3.63, 3.8) is 0 Å². The smallest absolute Gasteiger partial charge is 0.137 e. The molecule has 0 aliphatic heterocycles. The highest BCUT2D eigenvalue weighted by Crippen LogP contribution is 2.43. The predicted molar refractivity (Wildman–Crippen MR) is 197 cm³/mol. The van der Waals surface area contributed by atoms with Gasteiger partial charge in [-0.15, -0.1) is 0 Å². The maximum atomic E-state index is 6.53. The first-order chi connectivity index (χ1) is 23.3. The van der Waals surface area contributed by atoms with Crippen LogP contribution in [0.15, 0.2) is 162 Å². The van der Waals surface area contributed by atoms with Crippen LogP contribution in [-0.2, 0) is 0 Å². The fourth-order valence-electron chi connectivity index (χ4n) is 8.06. The van der Waals surface area contributed by atoms with E-state index in [0.29, 0.717) is 0 Å². The zero-order chi connectivity index (χ0) is 30.6. The molecule has 3 aromatic heterocycles. The second-order valence-corrected chi connectivity index (χ2v) is 12.5. The third kappa shape index (κ3) is 3.35. The van der Waals surface area contributed by atoms with Crippen LogP contribution in [0, 0.1) is 0 Å². The number of benzene rings is 8. The van der Waals surface area contributed by atoms with Gasteiger partial charge in [-0.25, -0.2) is 0 Å². The van der Waals surface area contributed by atoms with Gasteiger partial charge in [0.2, 0.25) is 0 Å². The quantitative estimate of drug-likeness (QED) is 0.194. The topological polar surface area (TPSA) is 23.0 Å². The van der Waals surface area contributed by atoms with Crippen LogP contribution >= 0.6 is 0 Å². The van der Waals surface area contributed by atoms with Gasteiger partial charge >= 0.3 is 0 Å². The van der Waals surface area contributed by atoms with Crippen LogP contribution in [0.3, 0.4) is 0 Å². The highest BCUT2D eigenvalue weighted by atomic mass is 16.3. The number of nitrogens with zero attached hydrogens (tertiary/aromatic N) is 2. The molecule has 0 saturated heterocycles. The summed E-state index contributed by atoms with van der Waals surface area (Å²) in [4.78, 5) is 0. The first kappa shape index (κ1) is 24.9. The van der Waals surface area contributed by atoms with Crippen LogP contribution in [0.1, 0.15) is 0 Å². The molecule has 3 heterocycles. The summed E-state index contributed by atoms with van der Waals surface area (Å²) in [6.45, 7) is 0. The third-order valence-corrected chi connectivity index (χ3v) is 10.1. The van der Waals surface area contributed by atoms with Crippen LogP contribution in [0.5, 0.6) is 0 Å². The largest absolute Gasteiger partial charge is 0.456 e. The van der Waals surface area contributed by atoms with Gasteiger partial charge in [-0.1, -0.05) is 97.1 Å². The van der Waals surface area contributed by atoms with Crippen molar-refractivity contribution in [2.45, 2.75) is 0 Å². The summed E-state index contributed by atoms with van der Waals surface area (Å²) < 4.78 is 11.4. The summed E-state index contributed by atoms with van der Waals surface area (Å²) in [5.41, 5.74) is 8.80. The van der Waals surface area contributed by atoms with Crippen LogP contribution in [0.25, 0.3) is 98.5 Å². The number of aromatic nitrogens is 2. The minimum atomic E-state index is 0.894. The first-order valence-electron chi connectivity index (χ1n) is 16.1. The maximum Gasteiger partial charge on any atom is 0.137 e. The molecular weight excluding hydrogens is 572 g/mol. The van der Waals surface area contributed by atoms with E-state index in [1.807, 2.05) is 0 Å². The fraction of sp³-hybridized carbons (Fsp3) is 0. The second kappa shape index (κ2) is 9.12. The van der Waals surface area contributed by atoms with Gasteiger partial charge in [0.1, 0.15) is 11.2 Å². The lowest BCUT2D eigenvalue weighted by Crippen LogP contribution is -1.95. The van der Waals surface area contributed by atoms with Gasteiger partial charge in [0.15, 0.2) is 0 Å². The van der Waals surface area contributed by atoms with Crippen molar-refractivity contribution < 1.29 is 4.42 Å². The standard InChI is InChI=1S/C44H26N2O/c1-2-12-29(13-3-1)45-38-22-18-27-10-4-6-14-31(27)43(38)36-25-35-33-16-8-9-17-37(33)46(39(35)26-40(36)45)30-20-21-34-42(24-30)47-41-23-19-28-11-5-7-15-32(28)44(34)41/h1-26H. The van der Waals surface area contributed by atoms with E-state index >= 15 is 0 Å². The van der Waals surface area contributed by atoms with Crippen molar-refractivity contribution in [1.82, 2.24) is 9.13 Å². The summed E-state index contributed by atoms with van der Waals surface area (Å²) >= 11 is 0. The average Bonchev–Trinajstić information content (AvgIpc) is 3.78. The molecule has 3 heteroatoms. The van der Waals surface area contributed by atoms with Gasteiger partial charge in [0, 0.05) is 49.8 Å². The Kier molecular flexibility index (Phi) is 4.84. The fourth-order valence-corrected chi connectivity index (χ4v) is 8.06. The Bertz CT molecular complexity index is 3070. The molecule has 0 aliphatic carbocycles. The molecule has 11 aromatic rings. The molecule has 0 amide bonds. The molecule has 0 spiro atoms. The SMILES string of the molecule is c1ccc(-n2c3cc4c(cc3c3c5ccccc5ccc32)c2ccccc2n4-c2ccc3c(c2)oc2ccc4ccccc4c23)cc1. The Morgan fingerprint density at radius 1 is 0.319 bits per heavy atom. The zero-order valence-corrected chi connectivity index (χ0v) is 25.3. The van der Waals surface area contributed by atoms with Gasteiger partial charge in [-0.05, 0) is 76.1 Å². The van der Waals surface area contributed by atoms with Crippen molar-refractivity contribution in [3.8, 4) is 11.4 Å². The van der Waals surface area contributed by atoms with Gasteiger partial charge in [-0.3, -0.25) is 0 Å². The average molecular weight is 599 g/mol. The van der Waals surface area contributed by atoms with Crippen molar-refractivity contribution in [2.75, 3.05) is 0 Å². The van der Waals surface area contributed by atoms with Gasteiger partial charge < -0.3 is 13.6 Å². The highest BCUT2D eigenvalue weighted by Gasteiger charge is 2.20. The van der Waals surface area contributed by atoms with Crippen molar-refractivity contribution in [1.29, 1.82) is 0 Å². The van der Waals surface area contributed by atoms with E-state index in [4.69, 9.17) is 4.42 Å². The summed E-state index contributed by atoms with van der Waals surface area (Å²) in [6.07, 6.45) is 0. The number of fused-ring (bicyclic) bond motifs is 13. The molecule has 11 rings (SSSR count). The summed E-state index contributed by atoms with van der Waals surface area (Å²) in [6, 6.07) is 57.0. The Labute approximate surface area is 269 Å². The molecule has 0 unspecified atom stereocenters. The van der Waals surface area contributed by atoms with E-state index in [1.54, 1.807) is 0 Å². The molecule has 8 aromatic carbocycles. The van der Waals surface area contributed by atoms with E-state index in [0.717, 1.165) is 27.9 Å². The summed E-state index contributed by atoms with van der Waals surface area (Å²) in [7, 11) is 0. The number of para-hydroxylation sites is 2.